The van der Waals surface area contributed by atoms with Crippen molar-refractivity contribution < 1.29 is 4.74 Å². The Morgan fingerprint density at radius 1 is 1.27 bits per heavy atom. The van der Waals surface area contributed by atoms with Crippen molar-refractivity contribution in [3.8, 4) is 11.8 Å². The SMILES string of the molecule is CN=C(NCCCc1nn(-c2ccccc2)c(N)c1C#N)NCC1(CCOC)CCCC1.I. The quantitative estimate of drug-likeness (QED) is 0.176. The second-order valence-electron chi connectivity index (χ2n) is 8.47. The van der Waals surface area contributed by atoms with E-state index in [1.165, 1.54) is 25.7 Å². The van der Waals surface area contributed by atoms with E-state index in [1.54, 1.807) is 18.8 Å². The molecular formula is C24H36IN7O. The Hall–Kier alpha value is -2.32. The molecule has 1 aliphatic rings. The molecular weight excluding hydrogens is 529 g/mol. The molecule has 9 heteroatoms. The standard InChI is InChI=1S/C24H35N7O.HI/c1-27-23(29-18-24(14-16-32-2)12-6-7-13-24)28-15-8-11-21-20(17-25)22(26)31(30-21)19-9-4-3-5-10-19;/h3-5,9-10H,6-8,11-16,18,26H2,1-2H3,(H2,27,28,29);1H. The van der Waals surface area contributed by atoms with Crippen molar-refractivity contribution >= 4 is 35.8 Å². The van der Waals surface area contributed by atoms with Gasteiger partial charge in [-0.3, -0.25) is 4.99 Å². The molecule has 0 bridgehead atoms. The predicted molar refractivity (Wildman–Crippen MR) is 143 cm³/mol. The summed E-state index contributed by atoms with van der Waals surface area (Å²) >= 11 is 0. The largest absolute Gasteiger partial charge is 0.385 e. The van der Waals surface area contributed by atoms with E-state index in [1.807, 2.05) is 30.3 Å². The molecule has 1 fully saturated rings. The number of rotatable bonds is 10. The number of para-hydroxylation sites is 1. The van der Waals surface area contributed by atoms with Crippen LogP contribution in [0.2, 0.25) is 0 Å². The predicted octanol–water partition coefficient (Wildman–Crippen LogP) is 3.64. The van der Waals surface area contributed by atoms with Gasteiger partial charge in [0.05, 0.1) is 11.4 Å². The molecule has 4 N–H and O–H groups in total. The van der Waals surface area contributed by atoms with Crippen molar-refractivity contribution in [2.24, 2.45) is 10.4 Å². The lowest BCUT2D eigenvalue weighted by molar-refractivity contribution is 0.138. The van der Waals surface area contributed by atoms with Crippen molar-refractivity contribution in [1.82, 2.24) is 20.4 Å². The van der Waals surface area contributed by atoms with Crippen molar-refractivity contribution in [2.45, 2.75) is 44.9 Å². The highest BCUT2D eigenvalue weighted by molar-refractivity contribution is 14.0. The lowest BCUT2D eigenvalue weighted by Crippen LogP contribution is -2.43. The number of ether oxygens (including phenoxy) is 1. The summed E-state index contributed by atoms with van der Waals surface area (Å²) in [4.78, 5) is 4.37. The zero-order valence-electron chi connectivity index (χ0n) is 19.6. The number of benzene rings is 1. The molecule has 0 unspecified atom stereocenters. The molecule has 0 atom stereocenters. The van der Waals surface area contributed by atoms with E-state index >= 15 is 0 Å². The molecule has 3 rings (SSSR count). The molecule has 180 valence electrons. The number of hydrogen-bond donors (Lipinski definition) is 3. The third kappa shape index (κ3) is 7.08. The number of nitrogens with two attached hydrogens (primary N) is 1. The number of methoxy groups -OCH3 is 1. The molecule has 1 saturated carbocycles. The van der Waals surface area contributed by atoms with Gasteiger partial charge in [0.25, 0.3) is 0 Å². The van der Waals surface area contributed by atoms with Gasteiger partial charge in [-0.25, -0.2) is 4.68 Å². The maximum Gasteiger partial charge on any atom is 0.190 e. The Labute approximate surface area is 214 Å². The van der Waals surface area contributed by atoms with Crippen LogP contribution in [0.15, 0.2) is 35.3 Å². The van der Waals surface area contributed by atoms with Crippen LogP contribution < -0.4 is 16.4 Å². The molecule has 0 aliphatic heterocycles. The van der Waals surface area contributed by atoms with Crippen LogP contribution in [0.1, 0.15) is 49.8 Å². The van der Waals surface area contributed by atoms with Gasteiger partial charge in [0.2, 0.25) is 0 Å². The molecule has 0 radical (unpaired) electrons. The normalized spacial score (nSPS) is 15.0. The van der Waals surface area contributed by atoms with Gasteiger partial charge < -0.3 is 21.1 Å². The fourth-order valence-electron chi connectivity index (χ4n) is 4.45. The number of halogens is 1. The summed E-state index contributed by atoms with van der Waals surface area (Å²) in [6, 6.07) is 11.9. The number of nitrogen functional groups attached to an aromatic ring is 1. The van der Waals surface area contributed by atoms with E-state index in [0.717, 1.165) is 49.9 Å². The van der Waals surface area contributed by atoms with Gasteiger partial charge in [-0.1, -0.05) is 31.0 Å². The molecule has 2 aromatic rings. The first-order chi connectivity index (χ1) is 15.6. The number of hydrogen-bond acceptors (Lipinski definition) is 5. The van der Waals surface area contributed by atoms with Crippen molar-refractivity contribution in [1.29, 1.82) is 5.26 Å². The van der Waals surface area contributed by atoms with Gasteiger partial charge in [-0.15, -0.1) is 24.0 Å². The molecule has 1 heterocycles. The highest BCUT2D eigenvalue weighted by atomic mass is 127. The minimum atomic E-state index is 0. The Kier molecular flexibility index (Phi) is 10.9. The van der Waals surface area contributed by atoms with E-state index in [0.29, 0.717) is 23.2 Å². The molecule has 8 nitrogen and oxygen atoms in total. The van der Waals surface area contributed by atoms with Crippen molar-refractivity contribution in [2.75, 3.05) is 39.6 Å². The van der Waals surface area contributed by atoms with Crippen molar-refractivity contribution in [3.05, 3.63) is 41.6 Å². The zero-order valence-corrected chi connectivity index (χ0v) is 22.0. The molecule has 0 amide bonds. The Morgan fingerprint density at radius 3 is 2.64 bits per heavy atom. The lowest BCUT2D eigenvalue weighted by atomic mass is 9.83. The van der Waals surface area contributed by atoms with E-state index in [2.05, 4.69) is 26.8 Å². The van der Waals surface area contributed by atoms with Crippen LogP contribution >= 0.6 is 24.0 Å². The van der Waals surface area contributed by atoms with Crippen LogP contribution in [0.5, 0.6) is 0 Å². The van der Waals surface area contributed by atoms with Gasteiger partial charge >= 0.3 is 0 Å². The minimum Gasteiger partial charge on any atom is -0.385 e. The fraction of sp³-hybridized carbons (Fsp3) is 0.542. The third-order valence-electron chi connectivity index (χ3n) is 6.34. The highest BCUT2D eigenvalue weighted by Crippen LogP contribution is 2.40. The number of guanidine groups is 1. The summed E-state index contributed by atoms with van der Waals surface area (Å²) < 4.78 is 6.97. The molecule has 1 aromatic heterocycles. The maximum absolute atomic E-state index is 9.56. The van der Waals surface area contributed by atoms with Crippen molar-refractivity contribution in [3.63, 3.8) is 0 Å². The van der Waals surface area contributed by atoms with Crippen LogP contribution in [-0.2, 0) is 11.2 Å². The molecule has 33 heavy (non-hydrogen) atoms. The molecule has 0 saturated heterocycles. The number of nitrogens with one attached hydrogen (secondary N) is 2. The summed E-state index contributed by atoms with van der Waals surface area (Å²) in [5.74, 6) is 1.19. The van der Waals surface area contributed by atoms with E-state index in [4.69, 9.17) is 10.5 Å². The van der Waals surface area contributed by atoms with E-state index < -0.39 is 0 Å². The first-order valence-electron chi connectivity index (χ1n) is 11.4. The Bertz CT molecular complexity index is 930. The number of anilines is 1. The first-order valence-corrected chi connectivity index (χ1v) is 11.4. The number of nitriles is 1. The zero-order chi connectivity index (χ0) is 22.8. The second-order valence-corrected chi connectivity index (χ2v) is 8.47. The monoisotopic (exact) mass is 565 g/mol. The van der Waals surface area contributed by atoms with Gasteiger partial charge in [0, 0.05) is 33.9 Å². The van der Waals surface area contributed by atoms with Crippen LogP contribution in [-0.4, -0.2) is 49.6 Å². The summed E-state index contributed by atoms with van der Waals surface area (Å²) in [6.45, 7) is 2.44. The molecule has 0 spiro atoms. The Balaban J connectivity index is 0.00000385. The lowest BCUT2D eigenvalue weighted by Gasteiger charge is -2.30. The summed E-state index contributed by atoms with van der Waals surface area (Å²) in [5.41, 5.74) is 8.53. The summed E-state index contributed by atoms with van der Waals surface area (Å²) in [7, 11) is 3.56. The van der Waals surface area contributed by atoms with Crippen LogP contribution in [0.3, 0.4) is 0 Å². The molecule has 1 aromatic carbocycles. The number of aryl methyl sites for hydroxylation is 1. The first kappa shape index (κ1) is 26.9. The third-order valence-corrected chi connectivity index (χ3v) is 6.34. The number of aliphatic imine (C=N–C) groups is 1. The number of aromatic nitrogens is 2. The van der Waals surface area contributed by atoms with Crippen LogP contribution in [0.25, 0.3) is 5.69 Å². The van der Waals surface area contributed by atoms with Gasteiger partial charge in [0.15, 0.2) is 5.96 Å². The van der Waals surface area contributed by atoms with Crippen LogP contribution in [0.4, 0.5) is 5.82 Å². The van der Waals surface area contributed by atoms with Crippen LogP contribution in [0, 0.1) is 16.7 Å². The average molecular weight is 566 g/mol. The molecule has 1 aliphatic carbocycles. The summed E-state index contributed by atoms with van der Waals surface area (Å²) in [6.07, 6.45) is 7.61. The average Bonchev–Trinajstić information content (AvgIpc) is 3.42. The van der Waals surface area contributed by atoms with Gasteiger partial charge in [-0.05, 0) is 49.7 Å². The van der Waals surface area contributed by atoms with Gasteiger partial charge in [0.1, 0.15) is 17.5 Å². The maximum atomic E-state index is 9.56. The highest BCUT2D eigenvalue weighted by Gasteiger charge is 2.33. The number of nitrogens with zero attached hydrogens (tertiary/aromatic N) is 4. The fourth-order valence-corrected chi connectivity index (χ4v) is 4.45. The summed E-state index contributed by atoms with van der Waals surface area (Å²) in [5, 5.41) is 21.1. The Morgan fingerprint density at radius 2 is 2.00 bits per heavy atom. The second kappa shape index (κ2) is 13.4. The topological polar surface area (TPSA) is 113 Å². The minimum absolute atomic E-state index is 0. The van der Waals surface area contributed by atoms with E-state index in [9.17, 15) is 5.26 Å². The van der Waals surface area contributed by atoms with Gasteiger partial charge in [-0.2, -0.15) is 10.4 Å². The van der Waals surface area contributed by atoms with E-state index in [-0.39, 0.29) is 24.0 Å². The smallest absolute Gasteiger partial charge is 0.190 e.